The third-order valence-electron chi connectivity index (χ3n) is 3.20. The lowest BCUT2D eigenvalue weighted by Gasteiger charge is -2.14. The number of amides is 1. The van der Waals surface area contributed by atoms with Crippen LogP contribution in [0, 0.1) is 0 Å². The highest BCUT2D eigenvalue weighted by Gasteiger charge is 2.13. The van der Waals surface area contributed by atoms with E-state index in [1.165, 1.54) is 5.56 Å². The lowest BCUT2D eigenvalue weighted by molar-refractivity contribution is -0.127. The van der Waals surface area contributed by atoms with Gasteiger partial charge in [0, 0.05) is 27.5 Å². The topological polar surface area (TPSA) is 38.3 Å². The third-order valence-corrected chi connectivity index (χ3v) is 4.99. The molecular weight excluding hydrogens is 410 g/mol. The minimum atomic E-state index is -0.524. The molecule has 1 atom stereocenters. The molecule has 2 rings (SSSR count). The Hall–Kier alpha value is -1.17. The maximum Gasteiger partial charge on any atom is 0.260 e. The summed E-state index contributed by atoms with van der Waals surface area (Å²) >= 11 is 11.1. The van der Waals surface area contributed by atoms with Crippen molar-refractivity contribution in [2.45, 2.75) is 18.8 Å². The molecule has 6 heteroatoms. The van der Waals surface area contributed by atoms with Crippen LogP contribution in [0.1, 0.15) is 12.5 Å². The van der Waals surface area contributed by atoms with Gasteiger partial charge in [0.2, 0.25) is 0 Å². The van der Waals surface area contributed by atoms with E-state index in [2.05, 4.69) is 21.2 Å². The van der Waals surface area contributed by atoms with E-state index in [-0.39, 0.29) is 5.91 Å². The van der Waals surface area contributed by atoms with Gasteiger partial charge in [0.15, 0.2) is 6.10 Å². The van der Waals surface area contributed by atoms with Gasteiger partial charge < -0.3 is 10.1 Å². The molecule has 1 N–H and O–H groups in total. The summed E-state index contributed by atoms with van der Waals surface area (Å²) in [4.78, 5) is 12.0. The molecule has 0 heterocycles. The van der Waals surface area contributed by atoms with E-state index >= 15 is 0 Å². The molecule has 0 bridgehead atoms. The van der Waals surface area contributed by atoms with E-state index < -0.39 is 6.10 Å². The summed E-state index contributed by atoms with van der Waals surface area (Å²) in [6, 6.07) is 15.2. The Labute approximate surface area is 160 Å². The zero-order valence-corrected chi connectivity index (χ0v) is 16.5. The number of benzene rings is 2. The number of nitrogens with one attached hydrogen (secondary N) is 1. The lowest BCUT2D eigenvalue weighted by Crippen LogP contribution is -2.37. The largest absolute Gasteiger partial charge is 0.481 e. The second kappa shape index (κ2) is 9.97. The second-order valence-electron chi connectivity index (χ2n) is 5.19. The standard InChI is InChI=1S/C18H19BrClNO2S/c1-13(23-17-7-5-15(19)6-8-17)18(22)21-9-10-24-12-14-3-2-4-16(20)11-14/h2-8,11,13H,9-10,12H2,1H3,(H,21,22). The molecule has 0 spiro atoms. The number of hydrogen-bond donors (Lipinski definition) is 1. The second-order valence-corrected chi connectivity index (χ2v) is 7.64. The van der Waals surface area contributed by atoms with Gasteiger partial charge in [-0.2, -0.15) is 11.8 Å². The van der Waals surface area contributed by atoms with E-state index in [0.717, 1.165) is 21.0 Å². The lowest BCUT2D eigenvalue weighted by atomic mass is 10.2. The molecule has 2 aromatic carbocycles. The van der Waals surface area contributed by atoms with Crippen molar-refractivity contribution in [3.8, 4) is 5.75 Å². The van der Waals surface area contributed by atoms with Crippen LogP contribution in [0.25, 0.3) is 0 Å². The number of ether oxygens (including phenoxy) is 1. The number of thioether (sulfide) groups is 1. The third kappa shape index (κ3) is 6.75. The maximum absolute atomic E-state index is 12.0. The number of hydrogen-bond acceptors (Lipinski definition) is 3. The molecule has 0 aliphatic carbocycles. The van der Waals surface area contributed by atoms with Crippen molar-refractivity contribution in [2.75, 3.05) is 12.3 Å². The summed E-state index contributed by atoms with van der Waals surface area (Å²) in [5, 5.41) is 3.64. The van der Waals surface area contributed by atoms with Crippen molar-refractivity contribution in [1.29, 1.82) is 0 Å². The van der Waals surface area contributed by atoms with Crippen molar-refractivity contribution in [1.82, 2.24) is 5.32 Å². The molecule has 1 unspecified atom stereocenters. The Kier molecular flexibility index (Phi) is 7.95. The van der Waals surface area contributed by atoms with Gasteiger partial charge in [0.1, 0.15) is 5.75 Å². The molecule has 2 aromatic rings. The van der Waals surface area contributed by atoms with Crippen LogP contribution in [0.15, 0.2) is 53.0 Å². The molecule has 1 amide bonds. The van der Waals surface area contributed by atoms with E-state index in [4.69, 9.17) is 16.3 Å². The quantitative estimate of drug-likeness (QED) is 0.607. The number of halogens is 2. The predicted octanol–water partition coefficient (Wildman–Crippen LogP) is 4.92. The van der Waals surface area contributed by atoms with Gasteiger partial charge in [-0.3, -0.25) is 4.79 Å². The summed E-state index contributed by atoms with van der Waals surface area (Å²) in [7, 11) is 0. The summed E-state index contributed by atoms with van der Waals surface area (Å²) < 4.78 is 6.59. The first-order valence-corrected chi connectivity index (χ1v) is 9.89. The van der Waals surface area contributed by atoms with Gasteiger partial charge in [-0.15, -0.1) is 0 Å². The van der Waals surface area contributed by atoms with Crippen molar-refractivity contribution in [2.24, 2.45) is 0 Å². The van der Waals surface area contributed by atoms with Crippen LogP contribution in [-0.2, 0) is 10.5 Å². The molecule has 0 radical (unpaired) electrons. The summed E-state index contributed by atoms with van der Waals surface area (Å²) in [6.45, 7) is 2.36. The molecule has 24 heavy (non-hydrogen) atoms. The van der Waals surface area contributed by atoms with Gasteiger partial charge in [0.25, 0.3) is 5.91 Å². The van der Waals surface area contributed by atoms with Crippen molar-refractivity contribution < 1.29 is 9.53 Å². The molecular formula is C18H19BrClNO2S. The van der Waals surface area contributed by atoms with Crippen LogP contribution in [0.2, 0.25) is 5.02 Å². The normalized spacial score (nSPS) is 11.8. The molecule has 0 fully saturated rings. The monoisotopic (exact) mass is 427 g/mol. The molecule has 0 saturated heterocycles. The first-order chi connectivity index (χ1) is 11.5. The van der Waals surface area contributed by atoms with Gasteiger partial charge >= 0.3 is 0 Å². The summed E-state index contributed by atoms with van der Waals surface area (Å²) in [6.07, 6.45) is -0.524. The average molecular weight is 429 g/mol. The van der Waals surface area contributed by atoms with Gasteiger partial charge in [-0.25, -0.2) is 0 Å². The highest BCUT2D eigenvalue weighted by molar-refractivity contribution is 9.10. The fourth-order valence-electron chi connectivity index (χ4n) is 1.98. The van der Waals surface area contributed by atoms with Crippen molar-refractivity contribution in [3.63, 3.8) is 0 Å². The van der Waals surface area contributed by atoms with Crippen LogP contribution < -0.4 is 10.1 Å². The maximum atomic E-state index is 12.0. The average Bonchev–Trinajstić information content (AvgIpc) is 2.56. The first kappa shape index (κ1) is 19.2. The van der Waals surface area contributed by atoms with Gasteiger partial charge in [-0.05, 0) is 48.9 Å². The molecule has 128 valence electrons. The van der Waals surface area contributed by atoms with Crippen LogP contribution >= 0.6 is 39.3 Å². The van der Waals surface area contributed by atoms with Crippen LogP contribution in [-0.4, -0.2) is 24.3 Å². The fourth-order valence-corrected chi connectivity index (χ4v) is 3.26. The Morgan fingerprint density at radius 2 is 2.04 bits per heavy atom. The number of carbonyl (C=O) groups is 1. The van der Waals surface area contributed by atoms with Crippen LogP contribution in [0.4, 0.5) is 0 Å². The van der Waals surface area contributed by atoms with Crippen LogP contribution in [0.3, 0.4) is 0 Å². The minimum absolute atomic E-state index is 0.110. The zero-order valence-electron chi connectivity index (χ0n) is 13.3. The number of carbonyl (C=O) groups excluding carboxylic acids is 1. The Balaban J connectivity index is 1.64. The van der Waals surface area contributed by atoms with Crippen molar-refractivity contribution in [3.05, 3.63) is 63.6 Å². The molecule has 0 saturated carbocycles. The Bertz CT molecular complexity index is 666. The highest BCUT2D eigenvalue weighted by atomic mass is 79.9. The van der Waals surface area contributed by atoms with Gasteiger partial charge in [0.05, 0.1) is 0 Å². The summed E-state index contributed by atoms with van der Waals surface area (Å²) in [5.74, 6) is 2.28. The summed E-state index contributed by atoms with van der Waals surface area (Å²) in [5.41, 5.74) is 1.19. The fraction of sp³-hybridized carbons (Fsp3) is 0.278. The predicted molar refractivity (Wildman–Crippen MR) is 105 cm³/mol. The van der Waals surface area contributed by atoms with E-state index in [1.54, 1.807) is 18.7 Å². The molecule has 0 aliphatic heterocycles. The van der Waals surface area contributed by atoms with Gasteiger partial charge in [-0.1, -0.05) is 39.7 Å². The Morgan fingerprint density at radius 1 is 1.29 bits per heavy atom. The minimum Gasteiger partial charge on any atom is -0.481 e. The SMILES string of the molecule is CC(Oc1ccc(Br)cc1)C(=O)NCCSCc1cccc(Cl)c1. The zero-order chi connectivity index (χ0) is 17.4. The van der Waals surface area contributed by atoms with Crippen LogP contribution in [0.5, 0.6) is 5.75 Å². The highest BCUT2D eigenvalue weighted by Crippen LogP contribution is 2.18. The molecule has 0 aliphatic rings. The van der Waals surface area contributed by atoms with E-state index in [1.807, 2.05) is 48.5 Å². The molecule has 3 nitrogen and oxygen atoms in total. The first-order valence-electron chi connectivity index (χ1n) is 7.57. The van der Waals surface area contributed by atoms with Crippen molar-refractivity contribution >= 4 is 45.2 Å². The Morgan fingerprint density at radius 3 is 2.75 bits per heavy atom. The van der Waals surface area contributed by atoms with E-state index in [0.29, 0.717) is 12.3 Å². The smallest absolute Gasteiger partial charge is 0.260 e. The van der Waals surface area contributed by atoms with E-state index in [9.17, 15) is 4.79 Å². The number of rotatable bonds is 8. The molecule has 0 aromatic heterocycles.